The van der Waals surface area contributed by atoms with Gasteiger partial charge in [0.25, 0.3) is 5.91 Å². The summed E-state index contributed by atoms with van der Waals surface area (Å²) in [5, 5.41) is 16.2. The standard InChI is InChI=1S/C19H21N3O3/c23-11-5-9-16(14-6-2-1-3-7-14)21-19(24)18-12-17(22-25-18)15-8-4-10-20-13-15/h1-4,6-8,10,13,16,18,23H,5,9,11-12H2,(H,21,24)/t16-,18+/m1/s1. The Bertz CT molecular complexity index is 719. The minimum absolute atomic E-state index is 0.0907. The number of carbonyl (C=O) groups excluding carboxylic acids is 1. The van der Waals surface area contributed by atoms with E-state index in [0.717, 1.165) is 16.8 Å². The predicted octanol–water partition coefficient (Wildman–Crippen LogP) is 2.20. The summed E-state index contributed by atoms with van der Waals surface area (Å²) in [5.74, 6) is -0.200. The molecule has 0 unspecified atom stereocenters. The van der Waals surface area contributed by atoms with E-state index < -0.39 is 6.10 Å². The van der Waals surface area contributed by atoms with E-state index in [1.54, 1.807) is 12.4 Å². The number of rotatable bonds is 7. The van der Waals surface area contributed by atoms with Crippen LogP contribution in [-0.4, -0.2) is 34.4 Å². The van der Waals surface area contributed by atoms with Crippen LogP contribution >= 0.6 is 0 Å². The van der Waals surface area contributed by atoms with Gasteiger partial charge in [-0.05, 0) is 30.5 Å². The lowest BCUT2D eigenvalue weighted by Crippen LogP contribution is -2.37. The minimum atomic E-state index is -0.643. The van der Waals surface area contributed by atoms with Gasteiger partial charge in [0, 0.05) is 31.0 Å². The van der Waals surface area contributed by atoms with Gasteiger partial charge in [-0.3, -0.25) is 9.78 Å². The van der Waals surface area contributed by atoms with Crippen LogP contribution in [0.15, 0.2) is 60.0 Å². The van der Waals surface area contributed by atoms with Gasteiger partial charge in [0.2, 0.25) is 6.10 Å². The first-order chi connectivity index (χ1) is 12.3. The average Bonchev–Trinajstić information content (AvgIpc) is 3.17. The number of nitrogens with zero attached hydrogens (tertiary/aromatic N) is 2. The van der Waals surface area contributed by atoms with E-state index in [4.69, 9.17) is 9.94 Å². The van der Waals surface area contributed by atoms with Crippen molar-refractivity contribution in [2.24, 2.45) is 5.16 Å². The maximum atomic E-state index is 12.6. The van der Waals surface area contributed by atoms with E-state index in [2.05, 4.69) is 15.5 Å². The zero-order valence-electron chi connectivity index (χ0n) is 13.8. The monoisotopic (exact) mass is 339 g/mol. The molecule has 1 aromatic carbocycles. The number of aliphatic hydroxyl groups is 1. The van der Waals surface area contributed by atoms with E-state index in [0.29, 0.717) is 19.3 Å². The van der Waals surface area contributed by atoms with Crippen LogP contribution in [0.4, 0.5) is 0 Å². The summed E-state index contributed by atoms with van der Waals surface area (Å²) in [5.41, 5.74) is 2.59. The molecule has 1 aliphatic heterocycles. The molecule has 3 rings (SSSR count). The van der Waals surface area contributed by atoms with Gasteiger partial charge in [0.1, 0.15) is 0 Å². The third-order valence-corrected chi connectivity index (χ3v) is 4.13. The molecule has 2 heterocycles. The first-order valence-electron chi connectivity index (χ1n) is 8.37. The topological polar surface area (TPSA) is 83.8 Å². The highest BCUT2D eigenvalue weighted by atomic mass is 16.6. The Kier molecular flexibility index (Phi) is 5.74. The van der Waals surface area contributed by atoms with Crippen molar-refractivity contribution in [3.63, 3.8) is 0 Å². The van der Waals surface area contributed by atoms with Crippen LogP contribution < -0.4 is 5.32 Å². The van der Waals surface area contributed by atoms with Gasteiger partial charge in [-0.2, -0.15) is 0 Å². The summed E-state index contributed by atoms with van der Waals surface area (Å²) >= 11 is 0. The number of nitrogens with one attached hydrogen (secondary N) is 1. The van der Waals surface area contributed by atoms with Crippen molar-refractivity contribution >= 4 is 11.6 Å². The second kappa shape index (κ2) is 8.39. The molecule has 6 nitrogen and oxygen atoms in total. The van der Waals surface area contributed by atoms with Crippen molar-refractivity contribution < 1.29 is 14.7 Å². The van der Waals surface area contributed by atoms with Crippen LogP contribution in [0.5, 0.6) is 0 Å². The number of carbonyl (C=O) groups is 1. The van der Waals surface area contributed by atoms with E-state index in [1.807, 2.05) is 42.5 Å². The Labute approximate surface area is 146 Å². The largest absolute Gasteiger partial charge is 0.396 e. The van der Waals surface area contributed by atoms with E-state index >= 15 is 0 Å². The Morgan fingerprint density at radius 2 is 2.12 bits per heavy atom. The third-order valence-electron chi connectivity index (χ3n) is 4.13. The number of hydrogen-bond acceptors (Lipinski definition) is 5. The number of oxime groups is 1. The van der Waals surface area contributed by atoms with Crippen molar-refractivity contribution in [1.82, 2.24) is 10.3 Å². The molecular formula is C19H21N3O3. The first kappa shape index (κ1) is 17.1. The van der Waals surface area contributed by atoms with Crippen LogP contribution in [0.3, 0.4) is 0 Å². The van der Waals surface area contributed by atoms with Gasteiger partial charge < -0.3 is 15.3 Å². The molecule has 2 aromatic rings. The molecule has 0 saturated carbocycles. The summed E-state index contributed by atoms with van der Waals surface area (Å²) in [6.45, 7) is 0.0907. The molecule has 2 N–H and O–H groups in total. The highest BCUT2D eigenvalue weighted by molar-refractivity contribution is 6.03. The van der Waals surface area contributed by atoms with Crippen molar-refractivity contribution in [3.05, 3.63) is 66.0 Å². The molecule has 25 heavy (non-hydrogen) atoms. The summed E-state index contributed by atoms with van der Waals surface area (Å²) in [4.78, 5) is 22.0. The minimum Gasteiger partial charge on any atom is -0.396 e. The lowest BCUT2D eigenvalue weighted by atomic mass is 10.0. The number of benzene rings is 1. The van der Waals surface area contributed by atoms with Crippen molar-refractivity contribution in [2.45, 2.75) is 31.4 Å². The van der Waals surface area contributed by atoms with Crippen molar-refractivity contribution in [2.75, 3.05) is 6.61 Å². The van der Waals surface area contributed by atoms with Crippen LogP contribution in [0.1, 0.15) is 36.4 Å². The fraction of sp³-hybridized carbons (Fsp3) is 0.316. The molecule has 1 amide bonds. The lowest BCUT2D eigenvalue weighted by molar-refractivity contribution is -0.132. The average molecular weight is 339 g/mol. The predicted molar refractivity (Wildman–Crippen MR) is 93.9 cm³/mol. The smallest absolute Gasteiger partial charge is 0.264 e. The van der Waals surface area contributed by atoms with E-state index in [-0.39, 0.29) is 18.6 Å². The molecule has 6 heteroatoms. The van der Waals surface area contributed by atoms with Gasteiger partial charge in [0.15, 0.2) is 0 Å². The number of aliphatic hydroxyl groups excluding tert-OH is 1. The fourth-order valence-electron chi connectivity index (χ4n) is 2.79. The van der Waals surface area contributed by atoms with Gasteiger partial charge in [-0.1, -0.05) is 35.5 Å². The van der Waals surface area contributed by atoms with E-state index in [1.165, 1.54) is 0 Å². The molecule has 0 bridgehead atoms. The highest BCUT2D eigenvalue weighted by Crippen LogP contribution is 2.21. The van der Waals surface area contributed by atoms with Crippen LogP contribution in [0.25, 0.3) is 0 Å². The molecule has 130 valence electrons. The fourth-order valence-corrected chi connectivity index (χ4v) is 2.79. The Morgan fingerprint density at radius 1 is 1.28 bits per heavy atom. The van der Waals surface area contributed by atoms with Crippen LogP contribution in [0.2, 0.25) is 0 Å². The Morgan fingerprint density at radius 3 is 2.84 bits per heavy atom. The normalized spacial score (nSPS) is 17.5. The van der Waals surface area contributed by atoms with Crippen molar-refractivity contribution in [3.8, 4) is 0 Å². The molecule has 0 radical (unpaired) electrons. The maximum Gasteiger partial charge on any atom is 0.264 e. The van der Waals surface area contributed by atoms with Crippen LogP contribution in [0, 0.1) is 0 Å². The lowest BCUT2D eigenvalue weighted by Gasteiger charge is -2.20. The SMILES string of the molecule is O=C(N[C@H](CCCO)c1ccccc1)[C@@H]1CC(c2cccnc2)=NO1. The Hall–Kier alpha value is -2.73. The summed E-state index contributed by atoms with van der Waals surface area (Å²) in [6, 6.07) is 13.3. The van der Waals surface area contributed by atoms with Crippen LogP contribution in [-0.2, 0) is 9.63 Å². The summed E-state index contributed by atoms with van der Waals surface area (Å²) in [7, 11) is 0. The van der Waals surface area contributed by atoms with Gasteiger partial charge >= 0.3 is 0 Å². The number of amides is 1. The molecule has 0 spiro atoms. The summed E-state index contributed by atoms with van der Waals surface area (Å²) < 4.78 is 0. The van der Waals surface area contributed by atoms with Crippen molar-refractivity contribution in [1.29, 1.82) is 0 Å². The second-order valence-corrected chi connectivity index (χ2v) is 5.92. The van der Waals surface area contributed by atoms with Gasteiger partial charge in [-0.15, -0.1) is 0 Å². The zero-order chi connectivity index (χ0) is 17.5. The van der Waals surface area contributed by atoms with E-state index in [9.17, 15) is 4.79 Å². The molecule has 2 atom stereocenters. The maximum absolute atomic E-state index is 12.6. The number of pyridine rings is 1. The summed E-state index contributed by atoms with van der Waals surface area (Å²) in [6.07, 6.45) is 4.44. The molecule has 0 aliphatic carbocycles. The quantitative estimate of drug-likeness (QED) is 0.810. The van der Waals surface area contributed by atoms with Gasteiger partial charge in [-0.25, -0.2) is 0 Å². The van der Waals surface area contributed by atoms with Gasteiger partial charge in [0.05, 0.1) is 11.8 Å². The molecule has 1 aliphatic rings. The molecule has 0 saturated heterocycles. The highest BCUT2D eigenvalue weighted by Gasteiger charge is 2.30. The Balaban J connectivity index is 1.62. The zero-order valence-corrected chi connectivity index (χ0v) is 13.8. The molecule has 0 fully saturated rings. The molecule has 1 aromatic heterocycles. The first-order valence-corrected chi connectivity index (χ1v) is 8.37. The third kappa shape index (κ3) is 4.42. The number of aromatic nitrogens is 1. The second-order valence-electron chi connectivity index (χ2n) is 5.92. The number of hydrogen-bond donors (Lipinski definition) is 2. The molecular weight excluding hydrogens is 318 g/mol.